The molecule has 2 nitrogen and oxygen atoms in total. The van der Waals surface area contributed by atoms with E-state index >= 15 is 0 Å². The van der Waals surface area contributed by atoms with Crippen LogP contribution in [0.5, 0.6) is 0 Å². The molecule has 0 fully saturated rings. The minimum absolute atomic E-state index is 0.0865. The second-order valence-electron chi connectivity index (χ2n) is 2.86. The number of likely N-dealkylation sites (N-methyl/N-ethyl adjacent to an activating group) is 1. The SMILES string of the molecule is CCN(CC)C(=O)/C=C/c1cccs1. The number of rotatable bonds is 4. The molecule has 0 N–H and O–H groups in total. The van der Waals surface area contributed by atoms with E-state index in [1.165, 1.54) is 0 Å². The van der Waals surface area contributed by atoms with Gasteiger partial charge < -0.3 is 4.90 Å². The molecular formula is C11H15NOS. The highest BCUT2D eigenvalue weighted by Crippen LogP contribution is 2.10. The van der Waals surface area contributed by atoms with Crippen molar-refractivity contribution in [2.45, 2.75) is 13.8 Å². The van der Waals surface area contributed by atoms with Crippen LogP contribution in [0.4, 0.5) is 0 Å². The van der Waals surface area contributed by atoms with Crippen molar-refractivity contribution in [3.05, 3.63) is 28.5 Å². The largest absolute Gasteiger partial charge is 0.340 e. The number of hydrogen-bond acceptors (Lipinski definition) is 2. The summed E-state index contributed by atoms with van der Waals surface area (Å²) in [6, 6.07) is 3.98. The van der Waals surface area contributed by atoms with Crippen LogP contribution in [0.2, 0.25) is 0 Å². The summed E-state index contributed by atoms with van der Waals surface area (Å²) in [6.07, 6.45) is 3.50. The van der Waals surface area contributed by atoms with Crippen molar-refractivity contribution in [3.8, 4) is 0 Å². The molecule has 0 aliphatic carbocycles. The Morgan fingerprint density at radius 2 is 2.21 bits per heavy atom. The topological polar surface area (TPSA) is 20.3 Å². The molecule has 0 radical (unpaired) electrons. The second kappa shape index (κ2) is 5.60. The van der Waals surface area contributed by atoms with Crippen LogP contribution < -0.4 is 0 Å². The molecule has 0 bridgehead atoms. The van der Waals surface area contributed by atoms with Gasteiger partial charge >= 0.3 is 0 Å². The van der Waals surface area contributed by atoms with Crippen LogP contribution in [0, 0.1) is 0 Å². The van der Waals surface area contributed by atoms with E-state index in [0.29, 0.717) is 0 Å². The molecule has 1 amide bonds. The zero-order valence-electron chi connectivity index (χ0n) is 8.56. The average Bonchev–Trinajstić information content (AvgIpc) is 2.69. The molecule has 0 unspecified atom stereocenters. The van der Waals surface area contributed by atoms with Crippen molar-refractivity contribution in [1.82, 2.24) is 4.90 Å². The lowest BCUT2D eigenvalue weighted by atomic mass is 10.3. The third-order valence-corrected chi connectivity index (χ3v) is 2.85. The number of thiophene rings is 1. The van der Waals surface area contributed by atoms with Gasteiger partial charge in [0.25, 0.3) is 0 Å². The third-order valence-electron chi connectivity index (χ3n) is 2.01. The first kappa shape index (κ1) is 11.0. The molecule has 0 spiro atoms. The Kier molecular flexibility index (Phi) is 4.40. The van der Waals surface area contributed by atoms with Crippen LogP contribution >= 0.6 is 11.3 Å². The highest BCUT2D eigenvalue weighted by Gasteiger charge is 2.04. The Morgan fingerprint density at radius 1 is 1.50 bits per heavy atom. The number of carbonyl (C=O) groups is 1. The van der Waals surface area contributed by atoms with Crippen LogP contribution in [0.3, 0.4) is 0 Å². The van der Waals surface area contributed by atoms with E-state index in [-0.39, 0.29) is 5.91 Å². The van der Waals surface area contributed by atoms with E-state index in [9.17, 15) is 4.79 Å². The van der Waals surface area contributed by atoms with Crippen LogP contribution in [-0.2, 0) is 4.79 Å². The minimum Gasteiger partial charge on any atom is -0.340 e. The summed E-state index contributed by atoms with van der Waals surface area (Å²) in [5, 5.41) is 2.00. The van der Waals surface area contributed by atoms with Gasteiger partial charge in [0.05, 0.1) is 0 Å². The van der Waals surface area contributed by atoms with Crippen molar-refractivity contribution >= 4 is 23.3 Å². The number of amides is 1. The third kappa shape index (κ3) is 3.00. The standard InChI is InChI=1S/C11H15NOS/c1-3-12(4-2)11(13)8-7-10-6-5-9-14-10/h5-9H,3-4H2,1-2H3/b8-7+. The molecule has 0 atom stereocenters. The molecule has 0 saturated carbocycles. The van der Waals surface area contributed by atoms with Crippen LogP contribution in [0.1, 0.15) is 18.7 Å². The van der Waals surface area contributed by atoms with Crippen molar-refractivity contribution in [2.24, 2.45) is 0 Å². The number of carbonyl (C=O) groups excluding carboxylic acids is 1. The van der Waals surface area contributed by atoms with Gasteiger partial charge in [-0.2, -0.15) is 0 Å². The lowest BCUT2D eigenvalue weighted by molar-refractivity contribution is -0.125. The molecule has 3 heteroatoms. The lowest BCUT2D eigenvalue weighted by Gasteiger charge is -2.15. The summed E-state index contributed by atoms with van der Waals surface area (Å²) in [7, 11) is 0. The van der Waals surface area contributed by atoms with Crippen molar-refractivity contribution in [1.29, 1.82) is 0 Å². The molecule has 0 saturated heterocycles. The fourth-order valence-corrected chi connectivity index (χ4v) is 1.80. The maximum atomic E-state index is 11.5. The predicted molar refractivity (Wildman–Crippen MR) is 61.3 cm³/mol. The van der Waals surface area contributed by atoms with Gasteiger partial charge in [-0.25, -0.2) is 0 Å². The molecule has 1 rings (SSSR count). The van der Waals surface area contributed by atoms with Gasteiger partial charge in [-0.05, 0) is 31.4 Å². The minimum atomic E-state index is 0.0865. The van der Waals surface area contributed by atoms with Gasteiger partial charge in [0.2, 0.25) is 5.91 Å². The highest BCUT2D eigenvalue weighted by atomic mass is 32.1. The maximum Gasteiger partial charge on any atom is 0.246 e. The van der Waals surface area contributed by atoms with E-state index in [0.717, 1.165) is 18.0 Å². The number of nitrogens with zero attached hydrogens (tertiary/aromatic N) is 1. The molecule has 0 aliphatic heterocycles. The van der Waals surface area contributed by atoms with Gasteiger partial charge in [-0.1, -0.05) is 6.07 Å². The molecule has 1 heterocycles. The van der Waals surface area contributed by atoms with Crippen LogP contribution in [-0.4, -0.2) is 23.9 Å². The Balaban J connectivity index is 2.55. The fourth-order valence-electron chi connectivity index (χ4n) is 1.18. The van der Waals surface area contributed by atoms with Gasteiger partial charge in [0.1, 0.15) is 0 Å². The summed E-state index contributed by atoms with van der Waals surface area (Å²) in [4.78, 5) is 14.5. The molecule has 0 aliphatic rings. The fraction of sp³-hybridized carbons (Fsp3) is 0.364. The summed E-state index contributed by atoms with van der Waals surface area (Å²) in [5.41, 5.74) is 0. The maximum absolute atomic E-state index is 11.5. The Hall–Kier alpha value is -1.09. The quantitative estimate of drug-likeness (QED) is 0.698. The second-order valence-corrected chi connectivity index (χ2v) is 3.84. The summed E-state index contributed by atoms with van der Waals surface area (Å²) in [6.45, 7) is 5.51. The van der Waals surface area contributed by atoms with E-state index in [2.05, 4.69) is 0 Å². The predicted octanol–water partition coefficient (Wildman–Crippen LogP) is 2.63. The van der Waals surface area contributed by atoms with Gasteiger partial charge in [-0.3, -0.25) is 4.79 Å². The Morgan fingerprint density at radius 3 is 2.71 bits per heavy atom. The average molecular weight is 209 g/mol. The molecule has 14 heavy (non-hydrogen) atoms. The molecule has 76 valence electrons. The normalized spacial score (nSPS) is 10.7. The van der Waals surface area contributed by atoms with E-state index < -0.39 is 0 Å². The van der Waals surface area contributed by atoms with E-state index in [1.54, 1.807) is 22.3 Å². The monoisotopic (exact) mass is 209 g/mol. The van der Waals surface area contributed by atoms with Gasteiger partial charge in [-0.15, -0.1) is 11.3 Å². The first-order valence-corrected chi connectivity index (χ1v) is 5.66. The molecule has 1 aromatic heterocycles. The zero-order chi connectivity index (χ0) is 10.4. The van der Waals surface area contributed by atoms with Gasteiger partial charge in [0, 0.05) is 24.0 Å². The van der Waals surface area contributed by atoms with Crippen molar-refractivity contribution < 1.29 is 4.79 Å². The van der Waals surface area contributed by atoms with Crippen molar-refractivity contribution in [3.63, 3.8) is 0 Å². The van der Waals surface area contributed by atoms with Crippen LogP contribution in [0.15, 0.2) is 23.6 Å². The molecule has 0 aromatic carbocycles. The molecule has 1 aromatic rings. The van der Waals surface area contributed by atoms with E-state index in [1.807, 2.05) is 37.4 Å². The number of hydrogen-bond donors (Lipinski definition) is 0. The van der Waals surface area contributed by atoms with Crippen LogP contribution in [0.25, 0.3) is 6.08 Å². The first-order chi connectivity index (χ1) is 6.77. The lowest BCUT2D eigenvalue weighted by Crippen LogP contribution is -2.28. The zero-order valence-corrected chi connectivity index (χ0v) is 9.38. The Labute approximate surface area is 88.9 Å². The smallest absolute Gasteiger partial charge is 0.246 e. The Bertz CT molecular complexity index is 299. The van der Waals surface area contributed by atoms with Crippen molar-refractivity contribution in [2.75, 3.05) is 13.1 Å². The highest BCUT2D eigenvalue weighted by molar-refractivity contribution is 7.10. The van der Waals surface area contributed by atoms with Gasteiger partial charge in [0.15, 0.2) is 0 Å². The molecular weight excluding hydrogens is 194 g/mol. The summed E-state index contributed by atoms with van der Waals surface area (Å²) < 4.78 is 0. The summed E-state index contributed by atoms with van der Waals surface area (Å²) >= 11 is 1.63. The summed E-state index contributed by atoms with van der Waals surface area (Å²) in [5.74, 6) is 0.0865. The first-order valence-electron chi connectivity index (χ1n) is 4.78. The van der Waals surface area contributed by atoms with E-state index in [4.69, 9.17) is 0 Å².